The molecule has 0 unspecified atom stereocenters. The lowest BCUT2D eigenvalue weighted by Gasteiger charge is -2.19. The number of halogens is 6. The number of alkyl halides is 6. The maximum absolute atomic E-state index is 13.7. The van der Waals surface area contributed by atoms with Gasteiger partial charge in [0.25, 0.3) is 5.91 Å². The van der Waals surface area contributed by atoms with Crippen molar-refractivity contribution in [1.82, 2.24) is 20.2 Å². The number of thiazole rings is 1. The number of rotatable bonds is 9. The molecule has 0 radical (unpaired) electrons. The Balaban J connectivity index is 1.83. The van der Waals surface area contributed by atoms with Crippen molar-refractivity contribution in [3.05, 3.63) is 69.9 Å². The van der Waals surface area contributed by atoms with Crippen molar-refractivity contribution >= 4 is 17.2 Å². The first-order valence-electron chi connectivity index (χ1n) is 11.1. The zero-order valence-electron chi connectivity index (χ0n) is 19.5. The van der Waals surface area contributed by atoms with E-state index >= 15 is 0 Å². The number of carbonyl (C=O) groups excluding carboxylic acids is 1. The van der Waals surface area contributed by atoms with Crippen LogP contribution >= 0.6 is 11.3 Å². The highest BCUT2D eigenvalue weighted by atomic mass is 32.1. The molecule has 36 heavy (non-hydrogen) atoms. The van der Waals surface area contributed by atoms with Gasteiger partial charge in [0.15, 0.2) is 5.69 Å². The van der Waals surface area contributed by atoms with Crippen LogP contribution in [-0.4, -0.2) is 40.4 Å². The molecule has 2 heterocycles. The second-order valence-corrected chi connectivity index (χ2v) is 8.87. The Kier molecular flexibility index (Phi) is 8.72. The summed E-state index contributed by atoms with van der Waals surface area (Å²) in [5.41, 5.74) is -0.920. The van der Waals surface area contributed by atoms with Gasteiger partial charge in [-0.05, 0) is 42.8 Å². The van der Waals surface area contributed by atoms with Crippen LogP contribution < -0.4 is 5.32 Å². The summed E-state index contributed by atoms with van der Waals surface area (Å²) in [4.78, 5) is 22.1. The minimum Gasteiger partial charge on any atom is -0.351 e. The van der Waals surface area contributed by atoms with E-state index in [1.165, 1.54) is 18.3 Å². The van der Waals surface area contributed by atoms with E-state index in [9.17, 15) is 31.1 Å². The molecule has 12 heteroatoms. The van der Waals surface area contributed by atoms with Gasteiger partial charge in [-0.1, -0.05) is 38.1 Å². The van der Waals surface area contributed by atoms with E-state index < -0.39 is 34.4 Å². The number of aromatic nitrogens is 2. The largest absolute Gasteiger partial charge is 0.435 e. The predicted molar refractivity (Wildman–Crippen MR) is 124 cm³/mol. The molecule has 0 bridgehead atoms. The molecule has 0 fully saturated rings. The number of benzene rings is 1. The standard InChI is InChI=1S/C24H24F6N4OS/c1-3-34(4-2)14-16-8-6-11-31-18(16)22-33-20(24(28,29)30)19(36-22)21(35)32-12-10-15-7-5-9-17(13-15)23(25,26)27/h5-9,11,13H,3-4,10,12,14H2,1-2H3,(H,32,35). The molecule has 3 aromatic rings. The Morgan fingerprint density at radius 2 is 1.75 bits per heavy atom. The van der Waals surface area contributed by atoms with Gasteiger partial charge >= 0.3 is 12.4 Å². The number of nitrogens with zero attached hydrogens (tertiary/aromatic N) is 3. The van der Waals surface area contributed by atoms with Crippen LogP contribution in [0.3, 0.4) is 0 Å². The first kappa shape index (κ1) is 27.6. The van der Waals surface area contributed by atoms with E-state index in [2.05, 4.69) is 20.2 Å². The number of nitrogens with one attached hydrogen (secondary N) is 1. The first-order chi connectivity index (χ1) is 16.9. The number of amides is 1. The highest BCUT2D eigenvalue weighted by molar-refractivity contribution is 7.17. The van der Waals surface area contributed by atoms with E-state index in [-0.39, 0.29) is 23.7 Å². The monoisotopic (exact) mass is 530 g/mol. The Morgan fingerprint density at radius 1 is 1.03 bits per heavy atom. The zero-order chi connectivity index (χ0) is 26.5. The average Bonchev–Trinajstić information content (AvgIpc) is 3.29. The maximum atomic E-state index is 13.7. The third-order valence-electron chi connectivity index (χ3n) is 5.44. The van der Waals surface area contributed by atoms with Gasteiger partial charge in [0, 0.05) is 19.3 Å². The fourth-order valence-corrected chi connectivity index (χ4v) is 4.55. The van der Waals surface area contributed by atoms with Gasteiger partial charge in [0.05, 0.1) is 5.56 Å². The zero-order valence-corrected chi connectivity index (χ0v) is 20.3. The number of pyridine rings is 1. The van der Waals surface area contributed by atoms with Crippen LogP contribution in [0.15, 0.2) is 42.6 Å². The molecule has 2 aromatic heterocycles. The van der Waals surface area contributed by atoms with Crippen LogP contribution in [0.2, 0.25) is 0 Å². The van der Waals surface area contributed by atoms with E-state index in [1.807, 2.05) is 13.8 Å². The lowest BCUT2D eigenvalue weighted by atomic mass is 10.1. The van der Waals surface area contributed by atoms with Crippen molar-refractivity contribution in [2.45, 2.75) is 39.2 Å². The quantitative estimate of drug-likeness (QED) is 0.342. The summed E-state index contributed by atoms with van der Waals surface area (Å²) in [6.45, 7) is 5.70. The number of carbonyl (C=O) groups is 1. The number of hydrogen-bond acceptors (Lipinski definition) is 5. The van der Waals surface area contributed by atoms with Crippen molar-refractivity contribution in [3.63, 3.8) is 0 Å². The fraction of sp³-hybridized carbons (Fsp3) is 0.375. The first-order valence-corrected chi connectivity index (χ1v) is 11.9. The number of hydrogen-bond donors (Lipinski definition) is 1. The minimum atomic E-state index is -4.88. The molecule has 0 spiro atoms. The lowest BCUT2D eigenvalue weighted by Crippen LogP contribution is -2.27. The molecule has 0 aliphatic heterocycles. The topological polar surface area (TPSA) is 58.1 Å². The third kappa shape index (κ3) is 6.82. The van der Waals surface area contributed by atoms with Crippen LogP contribution in [0.5, 0.6) is 0 Å². The van der Waals surface area contributed by atoms with Gasteiger partial charge in [-0.15, -0.1) is 11.3 Å². The van der Waals surface area contributed by atoms with Crippen LogP contribution in [0.1, 0.15) is 45.9 Å². The molecular weight excluding hydrogens is 506 g/mol. The van der Waals surface area contributed by atoms with Gasteiger partial charge in [-0.25, -0.2) is 4.98 Å². The third-order valence-corrected chi connectivity index (χ3v) is 6.50. The van der Waals surface area contributed by atoms with E-state index in [0.29, 0.717) is 29.0 Å². The molecule has 194 valence electrons. The average molecular weight is 531 g/mol. The highest BCUT2D eigenvalue weighted by Crippen LogP contribution is 2.38. The van der Waals surface area contributed by atoms with Crippen molar-refractivity contribution in [3.8, 4) is 10.7 Å². The molecule has 0 atom stereocenters. The second kappa shape index (κ2) is 11.4. The smallest absolute Gasteiger partial charge is 0.351 e. The summed E-state index contributed by atoms with van der Waals surface area (Å²) >= 11 is 0.583. The minimum absolute atomic E-state index is 0.0108. The van der Waals surface area contributed by atoms with Crippen LogP contribution in [0.25, 0.3) is 10.7 Å². The summed E-state index contributed by atoms with van der Waals surface area (Å²) < 4.78 is 79.9. The molecule has 0 saturated carbocycles. The lowest BCUT2D eigenvalue weighted by molar-refractivity contribution is -0.141. The highest BCUT2D eigenvalue weighted by Gasteiger charge is 2.40. The summed E-state index contributed by atoms with van der Waals surface area (Å²) in [5, 5.41) is 2.34. The SMILES string of the molecule is CCN(CC)Cc1cccnc1-c1nc(C(F)(F)F)c(C(=O)NCCc2cccc(C(F)(F)F)c2)s1. The predicted octanol–water partition coefficient (Wildman–Crippen LogP) is 6.06. The normalized spacial score (nSPS) is 12.2. The Labute approximate surface area is 208 Å². The van der Waals surface area contributed by atoms with Crippen molar-refractivity contribution in [2.24, 2.45) is 0 Å². The molecule has 1 N–H and O–H groups in total. The molecular formula is C24H24F6N4OS. The van der Waals surface area contributed by atoms with Gasteiger partial charge < -0.3 is 5.32 Å². The van der Waals surface area contributed by atoms with Gasteiger partial charge in [-0.3, -0.25) is 14.7 Å². The molecule has 1 amide bonds. The Morgan fingerprint density at radius 3 is 2.39 bits per heavy atom. The van der Waals surface area contributed by atoms with Crippen LogP contribution in [-0.2, 0) is 25.3 Å². The maximum Gasteiger partial charge on any atom is 0.435 e. The summed E-state index contributed by atoms with van der Waals surface area (Å²) in [5.74, 6) is -1.00. The molecule has 0 saturated heterocycles. The summed E-state index contributed by atoms with van der Waals surface area (Å²) in [6, 6.07) is 7.98. The molecule has 1 aromatic carbocycles. The van der Waals surface area contributed by atoms with Gasteiger partial charge in [-0.2, -0.15) is 26.3 Å². The van der Waals surface area contributed by atoms with Crippen molar-refractivity contribution in [1.29, 1.82) is 0 Å². The second-order valence-electron chi connectivity index (χ2n) is 7.87. The molecule has 3 rings (SSSR count). The van der Waals surface area contributed by atoms with Gasteiger partial charge in [0.2, 0.25) is 0 Å². The molecule has 0 aliphatic carbocycles. The van der Waals surface area contributed by atoms with Crippen LogP contribution in [0, 0.1) is 0 Å². The van der Waals surface area contributed by atoms with Crippen molar-refractivity contribution < 1.29 is 31.1 Å². The summed E-state index contributed by atoms with van der Waals surface area (Å²) in [7, 11) is 0. The fourth-order valence-electron chi connectivity index (χ4n) is 3.52. The van der Waals surface area contributed by atoms with E-state index in [0.717, 1.165) is 25.2 Å². The van der Waals surface area contributed by atoms with Gasteiger partial charge in [0.1, 0.15) is 15.6 Å². The summed E-state index contributed by atoms with van der Waals surface area (Å²) in [6.07, 6.45) is -7.94. The Hall–Kier alpha value is -2.99. The molecule has 5 nitrogen and oxygen atoms in total. The van der Waals surface area contributed by atoms with Crippen LogP contribution in [0.4, 0.5) is 26.3 Å². The van der Waals surface area contributed by atoms with E-state index in [4.69, 9.17) is 0 Å². The van der Waals surface area contributed by atoms with Crippen molar-refractivity contribution in [2.75, 3.05) is 19.6 Å². The molecule has 0 aliphatic rings. The van der Waals surface area contributed by atoms with E-state index in [1.54, 1.807) is 12.1 Å². The Bertz CT molecular complexity index is 1190.